The molecule has 1 aromatic carbocycles. The summed E-state index contributed by atoms with van der Waals surface area (Å²) in [5, 5.41) is 8.54. The van der Waals surface area contributed by atoms with E-state index in [-0.39, 0.29) is 5.92 Å². The summed E-state index contributed by atoms with van der Waals surface area (Å²) in [7, 11) is 0. The third-order valence-corrected chi connectivity index (χ3v) is 3.68. The lowest BCUT2D eigenvalue weighted by Gasteiger charge is -2.32. The Kier molecular flexibility index (Phi) is 3.81. The number of nitrogens with one attached hydrogen (secondary N) is 1. The summed E-state index contributed by atoms with van der Waals surface area (Å²) in [5.41, 5.74) is 5.28. The van der Waals surface area contributed by atoms with Gasteiger partial charge in [0.15, 0.2) is 0 Å². The molecule has 0 saturated heterocycles. The molecule has 3 heteroatoms. The minimum absolute atomic E-state index is 0.115. The maximum Gasteiger partial charge on any atom is 0.0484 e. The smallest absolute Gasteiger partial charge is 0.0484 e. The van der Waals surface area contributed by atoms with Gasteiger partial charge in [0.2, 0.25) is 0 Å². The first-order valence-electron chi connectivity index (χ1n) is 6.38. The molecule has 0 aliphatic carbocycles. The third-order valence-electron chi connectivity index (χ3n) is 3.45. The van der Waals surface area contributed by atoms with Gasteiger partial charge in [0.1, 0.15) is 0 Å². The highest BCUT2D eigenvalue weighted by Crippen LogP contribution is 2.33. The molecule has 100 valence electrons. The molecule has 1 aromatic rings. The summed E-state index contributed by atoms with van der Waals surface area (Å²) < 4.78 is 0. The van der Waals surface area contributed by atoms with Crippen LogP contribution in [0.4, 0.5) is 5.69 Å². The van der Waals surface area contributed by atoms with E-state index in [0.29, 0.717) is 5.71 Å². The molecule has 0 aromatic heterocycles. The van der Waals surface area contributed by atoms with Crippen molar-refractivity contribution < 1.29 is 0 Å². The second-order valence-electron chi connectivity index (χ2n) is 5.09. The molecule has 0 atom stereocenters. The highest BCUT2D eigenvalue weighted by molar-refractivity contribution is 6.30. The van der Waals surface area contributed by atoms with Gasteiger partial charge < -0.3 is 10.3 Å². The van der Waals surface area contributed by atoms with Gasteiger partial charge in [-0.3, -0.25) is 0 Å². The monoisotopic (exact) mass is 274 g/mol. The Labute approximate surface area is 119 Å². The van der Waals surface area contributed by atoms with Crippen molar-refractivity contribution in [2.75, 3.05) is 4.90 Å². The lowest BCUT2D eigenvalue weighted by atomic mass is 9.97. The Morgan fingerprint density at radius 1 is 1.16 bits per heavy atom. The molecule has 0 bridgehead atoms. The van der Waals surface area contributed by atoms with Crippen LogP contribution >= 0.6 is 11.6 Å². The van der Waals surface area contributed by atoms with Crippen LogP contribution in [-0.4, -0.2) is 5.71 Å². The zero-order chi connectivity index (χ0) is 14.2. The Morgan fingerprint density at radius 2 is 1.74 bits per heavy atom. The number of anilines is 1. The van der Waals surface area contributed by atoms with Crippen molar-refractivity contribution >= 4 is 23.0 Å². The van der Waals surface area contributed by atoms with Crippen LogP contribution in [-0.2, 0) is 0 Å². The highest BCUT2D eigenvalue weighted by Gasteiger charge is 2.20. The fourth-order valence-electron chi connectivity index (χ4n) is 2.49. The van der Waals surface area contributed by atoms with Crippen molar-refractivity contribution in [3.05, 3.63) is 52.3 Å². The third kappa shape index (κ3) is 2.74. The van der Waals surface area contributed by atoms with Gasteiger partial charge in [0.25, 0.3) is 0 Å². The molecule has 0 spiro atoms. The second kappa shape index (κ2) is 5.22. The summed E-state index contributed by atoms with van der Waals surface area (Å²) in [6, 6.07) is 5.94. The van der Waals surface area contributed by atoms with E-state index in [2.05, 4.69) is 37.8 Å². The van der Waals surface area contributed by atoms with Gasteiger partial charge in [-0.05, 0) is 51.5 Å². The predicted octanol–water partition coefficient (Wildman–Crippen LogP) is 4.93. The first kappa shape index (κ1) is 13.9. The first-order chi connectivity index (χ1) is 8.90. The fraction of sp³-hybridized carbons (Fsp3) is 0.312. The van der Waals surface area contributed by atoms with Gasteiger partial charge in [0, 0.05) is 33.7 Å². The average Bonchev–Trinajstić information content (AvgIpc) is 2.30. The van der Waals surface area contributed by atoms with Crippen molar-refractivity contribution in [3.63, 3.8) is 0 Å². The van der Waals surface area contributed by atoms with Crippen LogP contribution in [0.5, 0.6) is 0 Å². The van der Waals surface area contributed by atoms with Crippen LogP contribution in [0.15, 0.2) is 41.7 Å². The molecule has 0 unspecified atom stereocenters. The molecule has 0 fully saturated rings. The van der Waals surface area contributed by atoms with Crippen LogP contribution in [0.1, 0.15) is 26.3 Å². The average molecular weight is 275 g/mol. The lowest BCUT2D eigenvalue weighted by Crippen LogP contribution is -2.25. The van der Waals surface area contributed by atoms with E-state index in [9.17, 15) is 0 Å². The standard InChI is InChI=1S/C16H19ClN2/c1-10-7-15(17)5-6-16(10)19-11(2)8-14(13(4)18)9-12(19)3/h5-9,14,18H,1-4H3. The van der Waals surface area contributed by atoms with Gasteiger partial charge in [0.05, 0.1) is 0 Å². The molecule has 1 heterocycles. The molecular weight excluding hydrogens is 256 g/mol. The highest BCUT2D eigenvalue weighted by atomic mass is 35.5. The minimum atomic E-state index is 0.115. The van der Waals surface area contributed by atoms with E-state index in [4.69, 9.17) is 17.0 Å². The normalized spacial score (nSPS) is 16.2. The molecule has 1 aliphatic rings. The van der Waals surface area contributed by atoms with Gasteiger partial charge in [-0.1, -0.05) is 23.8 Å². The van der Waals surface area contributed by atoms with Crippen molar-refractivity contribution in [3.8, 4) is 0 Å². The number of hydrogen-bond acceptors (Lipinski definition) is 2. The molecule has 19 heavy (non-hydrogen) atoms. The van der Waals surface area contributed by atoms with E-state index in [1.54, 1.807) is 0 Å². The van der Waals surface area contributed by atoms with Crippen molar-refractivity contribution in [1.29, 1.82) is 5.41 Å². The number of allylic oxidation sites excluding steroid dienone is 4. The summed E-state index contributed by atoms with van der Waals surface area (Å²) in [6.45, 7) is 8.08. The van der Waals surface area contributed by atoms with Gasteiger partial charge in [-0.25, -0.2) is 0 Å². The Morgan fingerprint density at radius 3 is 2.21 bits per heavy atom. The lowest BCUT2D eigenvalue weighted by molar-refractivity contribution is 0.930. The summed E-state index contributed by atoms with van der Waals surface area (Å²) in [4.78, 5) is 2.21. The maximum absolute atomic E-state index is 7.78. The molecule has 1 aliphatic heterocycles. The number of benzene rings is 1. The summed E-state index contributed by atoms with van der Waals surface area (Å²) in [5.74, 6) is 0.115. The number of nitrogens with zero attached hydrogens (tertiary/aromatic N) is 1. The van der Waals surface area contributed by atoms with Crippen LogP contribution < -0.4 is 4.90 Å². The Hall–Kier alpha value is -1.54. The topological polar surface area (TPSA) is 27.1 Å². The van der Waals surface area contributed by atoms with Crippen LogP contribution in [0.2, 0.25) is 5.02 Å². The van der Waals surface area contributed by atoms with E-state index in [0.717, 1.165) is 27.7 Å². The van der Waals surface area contributed by atoms with Gasteiger partial charge >= 0.3 is 0 Å². The van der Waals surface area contributed by atoms with Gasteiger partial charge in [-0.2, -0.15) is 0 Å². The quantitative estimate of drug-likeness (QED) is 0.761. The second-order valence-corrected chi connectivity index (χ2v) is 5.53. The van der Waals surface area contributed by atoms with Crippen molar-refractivity contribution in [2.45, 2.75) is 27.7 Å². The molecule has 0 amide bonds. The van der Waals surface area contributed by atoms with Crippen LogP contribution in [0, 0.1) is 18.3 Å². The summed E-state index contributed by atoms with van der Waals surface area (Å²) in [6.07, 6.45) is 4.26. The molecule has 2 nitrogen and oxygen atoms in total. The largest absolute Gasteiger partial charge is 0.319 e. The molecule has 1 N–H and O–H groups in total. The Bertz CT molecular complexity index is 564. The van der Waals surface area contributed by atoms with E-state index < -0.39 is 0 Å². The molecule has 2 rings (SSSR count). The number of rotatable bonds is 2. The minimum Gasteiger partial charge on any atom is -0.319 e. The van der Waals surface area contributed by atoms with Crippen molar-refractivity contribution in [2.24, 2.45) is 5.92 Å². The van der Waals surface area contributed by atoms with Gasteiger partial charge in [-0.15, -0.1) is 0 Å². The molecule has 0 radical (unpaired) electrons. The zero-order valence-electron chi connectivity index (χ0n) is 11.8. The van der Waals surface area contributed by atoms with Crippen molar-refractivity contribution in [1.82, 2.24) is 0 Å². The van der Waals surface area contributed by atoms with E-state index in [1.807, 2.05) is 25.1 Å². The fourth-order valence-corrected chi connectivity index (χ4v) is 2.72. The number of hydrogen-bond donors (Lipinski definition) is 1. The van der Waals surface area contributed by atoms with E-state index in [1.165, 1.54) is 0 Å². The maximum atomic E-state index is 7.78. The van der Waals surface area contributed by atoms with Crippen LogP contribution in [0.3, 0.4) is 0 Å². The summed E-state index contributed by atoms with van der Waals surface area (Å²) >= 11 is 6.02. The van der Waals surface area contributed by atoms with Crippen LogP contribution in [0.25, 0.3) is 0 Å². The SMILES string of the molecule is CC(=N)C1C=C(C)N(c2ccc(Cl)cc2C)C(C)=C1. The zero-order valence-corrected chi connectivity index (χ0v) is 12.5. The first-order valence-corrected chi connectivity index (χ1v) is 6.76. The predicted molar refractivity (Wildman–Crippen MR) is 83.1 cm³/mol. The number of aryl methyl sites for hydroxylation is 1. The number of halogens is 1. The molecular formula is C16H19ClN2. The molecule has 0 saturated carbocycles. The Balaban J connectivity index is 2.44. The van der Waals surface area contributed by atoms with E-state index >= 15 is 0 Å².